The van der Waals surface area contributed by atoms with Gasteiger partial charge < -0.3 is 4.65 Å². The number of halogens is 1. The van der Waals surface area contributed by atoms with Crippen molar-refractivity contribution in [3.05, 3.63) is 29.3 Å². The molecule has 1 rings (SSSR count). The summed E-state index contributed by atoms with van der Waals surface area (Å²) in [7, 11) is -0.355. The lowest BCUT2D eigenvalue weighted by molar-refractivity contribution is -0.0174. The summed E-state index contributed by atoms with van der Waals surface area (Å²) in [6.45, 7) is 3.81. The lowest BCUT2D eigenvalue weighted by atomic mass is 10.1. The van der Waals surface area contributed by atoms with E-state index >= 15 is 0 Å². The maximum absolute atomic E-state index is 11.3. The van der Waals surface area contributed by atoms with E-state index in [9.17, 15) is 4.53 Å². The normalized spacial score (nSPS) is 9.58. The van der Waals surface area contributed by atoms with E-state index in [1.807, 2.05) is 32.0 Å². The molecule has 0 saturated heterocycles. The molecule has 0 aliphatic carbocycles. The van der Waals surface area contributed by atoms with Gasteiger partial charge in [0.05, 0.1) is 0 Å². The van der Waals surface area contributed by atoms with Crippen LogP contribution in [0.25, 0.3) is 0 Å². The summed E-state index contributed by atoms with van der Waals surface area (Å²) < 4.78 is 16.3. The summed E-state index contributed by atoms with van der Waals surface area (Å²) in [6.07, 6.45) is 0. The van der Waals surface area contributed by atoms with Crippen molar-refractivity contribution in [2.24, 2.45) is 0 Å². The third-order valence-electron chi connectivity index (χ3n) is 1.66. The zero-order valence-corrected chi connectivity index (χ0v) is 7.13. The molecule has 0 heterocycles. The van der Waals surface area contributed by atoms with E-state index in [2.05, 4.69) is 4.86 Å². The lowest BCUT2D eigenvalue weighted by Gasteiger charge is -2.08. The fourth-order valence-electron chi connectivity index (χ4n) is 1.11. The molecule has 0 aliphatic rings. The van der Waals surface area contributed by atoms with E-state index in [1.54, 1.807) is 0 Å². The van der Waals surface area contributed by atoms with E-state index in [4.69, 9.17) is 4.65 Å². The van der Waals surface area contributed by atoms with Gasteiger partial charge >= 0.3 is 7.69 Å². The number of benzene rings is 1. The van der Waals surface area contributed by atoms with Gasteiger partial charge in [-0.1, -0.05) is 22.7 Å². The molecule has 0 bridgehead atoms. The Morgan fingerprint density at radius 3 is 2.33 bits per heavy atom. The minimum atomic E-state index is -0.355. The minimum absolute atomic E-state index is 0.355. The van der Waals surface area contributed by atoms with Crippen LogP contribution in [0.4, 0.5) is 4.53 Å². The number of para-hydroxylation sites is 1. The van der Waals surface area contributed by atoms with E-state index in [0.717, 1.165) is 11.1 Å². The zero-order chi connectivity index (χ0) is 8.97. The van der Waals surface area contributed by atoms with Gasteiger partial charge in [-0.25, -0.2) is 4.86 Å². The molecule has 64 valence electrons. The van der Waals surface area contributed by atoms with Crippen LogP contribution in [0.3, 0.4) is 0 Å². The quantitative estimate of drug-likeness (QED) is 0.641. The Hall–Kier alpha value is -1.03. The summed E-state index contributed by atoms with van der Waals surface area (Å²) in [5, 5.41) is 0. The summed E-state index contributed by atoms with van der Waals surface area (Å²) in [6, 6.07) is 5.73. The minimum Gasteiger partial charge on any atom is -0.537 e. The van der Waals surface area contributed by atoms with E-state index in [-0.39, 0.29) is 7.69 Å². The molecule has 0 fully saturated rings. The molecule has 4 heteroatoms. The zero-order valence-electron chi connectivity index (χ0n) is 7.13. The molecule has 0 spiro atoms. The smallest absolute Gasteiger partial charge is 0.537 e. The number of rotatable bonds is 3. The van der Waals surface area contributed by atoms with Crippen LogP contribution in [0, 0.1) is 13.8 Å². The maximum atomic E-state index is 11.3. The molecule has 0 amide bonds. The Bertz CT molecular complexity index is 245. The van der Waals surface area contributed by atoms with Gasteiger partial charge in [0, 0.05) is 0 Å². The maximum Gasteiger partial charge on any atom is 0.544 e. The summed E-state index contributed by atoms with van der Waals surface area (Å²) in [5.74, 6) is 0.690. The van der Waals surface area contributed by atoms with Gasteiger partial charge in [-0.2, -0.15) is 0 Å². The van der Waals surface area contributed by atoms with Crippen molar-refractivity contribution in [3.8, 4) is 5.75 Å². The van der Waals surface area contributed by atoms with E-state index < -0.39 is 0 Å². The predicted molar refractivity (Wildman–Crippen MR) is 45.9 cm³/mol. The second-order valence-electron chi connectivity index (χ2n) is 2.59. The molecule has 0 unspecified atom stereocenters. The standard InChI is InChI=1S/C8H10BFO2/c1-6-4-3-5-7(2)8(6)11-9-12-10/h3-5,9H,1-2H3. The van der Waals surface area contributed by atoms with Crippen molar-refractivity contribution in [2.75, 3.05) is 0 Å². The number of aryl methyl sites for hydroxylation is 2. The molecule has 12 heavy (non-hydrogen) atoms. The molecule has 0 aliphatic heterocycles. The van der Waals surface area contributed by atoms with Crippen LogP contribution >= 0.6 is 0 Å². The highest BCUT2D eigenvalue weighted by molar-refractivity contribution is 6.19. The molecule has 1 aromatic rings. The van der Waals surface area contributed by atoms with Crippen molar-refractivity contribution < 1.29 is 14.0 Å². The third kappa shape index (κ3) is 1.98. The first-order chi connectivity index (χ1) is 5.75. The van der Waals surface area contributed by atoms with Gasteiger partial charge in [-0.15, -0.1) is 0 Å². The van der Waals surface area contributed by atoms with Crippen LogP contribution in [-0.4, -0.2) is 7.69 Å². The Balaban J connectivity index is 2.81. The fraction of sp³-hybridized carbons (Fsp3) is 0.250. The van der Waals surface area contributed by atoms with Crippen molar-refractivity contribution in [3.63, 3.8) is 0 Å². The van der Waals surface area contributed by atoms with E-state index in [0.29, 0.717) is 5.75 Å². The van der Waals surface area contributed by atoms with Crippen LogP contribution in [0.15, 0.2) is 18.2 Å². The largest absolute Gasteiger partial charge is 0.544 e. The number of hydrogen-bond acceptors (Lipinski definition) is 2. The predicted octanol–water partition coefficient (Wildman–Crippen LogP) is 1.85. The molecule has 0 radical (unpaired) electrons. The van der Waals surface area contributed by atoms with Crippen LogP contribution in [0.1, 0.15) is 11.1 Å². The molecule has 2 nitrogen and oxygen atoms in total. The van der Waals surface area contributed by atoms with Crippen molar-refractivity contribution in [1.82, 2.24) is 0 Å². The first-order valence-corrected chi connectivity index (χ1v) is 3.68. The van der Waals surface area contributed by atoms with E-state index in [1.165, 1.54) is 0 Å². The van der Waals surface area contributed by atoms with Crippen LogP contribution < -0.4 is 4.65 Å². The number of hydrogen-bond donors (Lipinski definition) is 0. The first-order valence-electron chi connectivity index (χ1n) is 3.68. The average molecular weight is 168 g/mol. The van der Waals surface area contributed by atoms with Gasteiger partial charge in [-0.3, -0.25) is 0 Å². The fourth-order valence-corrected chi connectivity index (χ4v) is 1.11. The van der Waals surface area contributed by atoms with Gasteiger partial charge in [0.1, 0.15) is 5.75 Å². The molecule has 0 aromatic heterocycles. The highest BCUT2D eigenvalue weighted by Crippen LogP contribution is 2.21. The van der Waals surface area contributed by atoms with Gasteiger partial charge in [0.25, 0.3) is 0 Å². The highest BCUT2D eigenvalue weighted by atomic mass is 19.3. The Morgan fingerprint density at radius 1 is 1.25 bits per heavy atom. The van der Waals surface area contributed by atoms with Gasteiger partial charge in [0.15, 0.2) is 0 Å². The molecular formula is C8H10BFO2. The monoisotopic (exact) mass is 168 g/mol. The van der Waals surface area contributed by atoms with Crippen LogP contribution in [0.5, 0.6) is 5.75 Å². The second-order valence-corrected chi connectivity index (χ2v) is 2.59. The highest BCUT2D eigenvalue weighted by Gasteiger charge is 2.03. The van der Waals surface area contributed by atoms with Gasteiger partial charge in [-0.05, 0) is 25.0 Å². The van der Waals surface area contributed by atoms with Crippen molar-refractivity contribution in [1.29, 1.82) is 0 Å². The SMILES string of the molecule is Cc1cccc(C)c1OBOF. The summed E-state index contributed by atoms with van der Waals surface area (Å²) in [5.41, 5.74) is 1.96. The van der Waals surface area contributed by atoms with Crippen LogP contribution in [0.2, 0.25) is 0 Å². The van der Waals surface area contributed by atoms with Crippen LogP contribution in [-0.2, 0) is 4.86 Å². The molecule has 0 atom stereocenters. The first kappa shape index (κ1) is 9.07. The average Bonchev–Trinajstić information content (AvgIpc) is 2.04. The second kappa shape index (κ2) is 4.11. The molecule has 0 N–H and O–H groups in total. The summed E-state index contributed by atoms with van der Waals surface area (Å²) in [4.78, 5) is 3.33. The molecular weight excluding hydrogens is 158 g/mol. The Labute approximate surface area is 71.5 Å². The topological polar surface area (TPSA) is 18.5 Å². The van der Waals surface area contributed by atoms with Crippen molar-refractivity contribution >= 4 is 7.69 Å². The third-order valence-corrected chi connectivity index (χ3v) is 1.66. The molecule has 0 saturated carbocycles. The Morgan fingerprint density at radius 2 is 1.83 bits per heavy atom. The molecule has 1 aromatic carbocycles. The lowest BCUT2D eigenvalue weighted by Crippen LogP contribution is -2.04. The van der Waals surface area contributed by atoms with Gasteiger partial charge in [0.2, 0.25) is 0 Å². The Kier molecular flexibility index (Phi) is 3.11. The summed E-state index contributed by atoms with van der Waals surface area (Å²) >= 11 is 0. The van der Waals surface area contributed by atoms with Crippen molar-refractivity contribution in [2.45, 2.75) is 13.8 Å².